The third kappa shape index (κ3) is 6.91. The van der Waals surface area contributed by atoms with Gasteiger partial charge in [0.1, 0.15) is 0 Å². The Morgan fingerprint density at radius 3 is 2.59 bits per heavy atom. The highest BCUT2D eigenvalue weighted by molar-refractivity contribution is 5.94. The molecule has 0 aromatic carbocycles. The summed E-state index contributed by atoms with van der Waals surface area (Å²) >= 11 is 0. The van der Waals surface area contributed by atoms with Crippen LogP contribution in [-0.2, 0) is 9.53 Å². The van der Waals surface area contributed by atoms with Gasteiger partial charge in [0, 0.05) is 6.54 Å². The van der Waals surface area contributed by atoms with Crippen molar-refractivity contribution < 1.29 is 14.3 Å². The van der Waals surface area contributed by atoms with Crippen LogP contribution >= 0.6 is 0 Å². The molecule has 17 heavy (non-hydrogen) atoms. The van der Waals surface area contributed by atoms with Gasteiger partial charge in [-0.1, -0.05) is 19.3 Å². The number of ether oxygens (including phenoxy) is 1. The van der Waals surface area contributed by atoms with Crippen molar-refractivity contribution in [2.24, 2.45) is 5.73 Å². The number of imide groups is 1. The first-order valence-electron chi connectivity index (χ1n) is 6.10. The number of rotatable bonds is 6. The number of nitrogens with two attached hydrogens (primary N) is 1. The van der Waals surface area contributed by atoms with Crippen LogP contribution in [0, 0.1) is 0 Å². The zero-order valence-corrected chi connectivity index (χ0v) is 10.0. The fourth-order valence-electron chi connectivity index (χ4n) is 1.91. The van der Waals surface area contributed by atoms with Crippen molar-refractivity contribution in [3.63, 3.8) is 0 Å². The van der Waals surface area contributed by atoms with E-state index in [1.807, 2.05) is 5.32 Å². The molecule has 1 aliphatic rings. The zero-order valence-electron chi connectivity index (χ0n) is 10.0. The Morgan fingerprint density at radius 1 is 1.24 bits per heavy atom. The smallest absolute Gasteiger partial charge is 0.318 e. The maximum Gasteiger partial charge on any atom is 0.318 e. The number of hydrogen-bond donors (Lipinski definition) is 3. The molecule has 0 radical (unpaired) electrons. The van der Waals surface area contributed by atoms with Crippen LogP contribution < -0.4 is 16.4 Å². The summed E-state index contributed by atoms with van der Waals surface area (Å²) in [4.78, 5) is 21.3. The molecule has 98 valence electrons. The second-order valence-corrected chi connectivity index (χ2v) is 4.22. The first-order chi connectivity index (χ1) is 8.18. The summed E-state index contributed by atoms with van der Waals surface area (Å²) in [6, 6.07) is -0.824. The molecule has 0 saturated heterocycles. The molecule has 1 rings (SSSR count). The molecule has 1 aliphatic carbocycles. The Bertz CT molecular complexity index is 252. The number of nitrogens with one attached hydrogen (secondary N) is 2. The van der Waals surface area contributed by atoms with Crippen molar-refractivity contribution in [2.45, 2.75) is 38.2 Å². The van der Waals surface area contributed by atoms with E-state index in [1.165, 1.54) is 19.3 Å². The van der Waals surface area contributed by atoms with Gasteiger partial charge in [-0.25, -0.2) is 4.79 Å². The van der Waals surface area contributed by atoms with E-state index in [1.54, 1.807) is 0 Å². The summed E-state index contributed by atoms with van der Waals surface area (Å²) < 4.78 is 5.66. The maximum atomic E-state index is 11.0. The van der Waals surface area contributed by atoms with Crippen molar-refractivity contribution in [2.75, 3.05) is 19.7 Å². The van der Waals surface area contributed by atoms with E-state index in [4.69, 9.17) is 10.5 Å². The van der Waals surface area contributed by atoms with Gasteiger partial charge in [-0.3, -0.25) is 10.1 Å². The fraction of sp³-hybridized carbons (Fsp3) is 0.818. The number of carbonyl (C=O) groups excluding carboxylic acids is 2. The van der Waals surface area contributed by atoms with E-state index in [0.717, 1.165) is 12.8 Å². The lowest BCUT2D eigenvalue weighted by Crippen LogP contribution is -2.41. The molecule has 6 nitrogen and oxygen atoms in total. The topological polar surface area (TPSA) is 93.5 Å². The van der Waals surface area contributed by atoms with Crippen molar-refractivity contribution in [1.29, 1.82) is 0 Å². The number of hydrogen-bond acceptors (Lipinski definition) is 4. The largest absolute Gasteiger partial charge is 0.377 e. The van der Waals surface area contributed by atoms with Crippen molar-refractivity contribution in [3.05, 3.63) is 0 Å². The first-order valence-corrected chi connectivity index (χ1v) is 6.10. The Morgan fingerprint density at radius 2 is 1.94 bits per heavy atom. The molecule has 0 heterocycles. The first kappa shape index (κ1) is 13.9. The Balaban J connectivity index is 1.93. The van der Waals surface area contributed by atoms with Gasteiger partial charge in [-0.15, -0.1) is 0 Å². The molecule has 0 spiro atoms. The summed E-state index contributed by atoms with van der Waals surface area (Å²) in [5, 5.41) is 4.86. The predicted molar refractivity (Wildman–Crippen MR) is 63.4 cm³/mol. The zero-order chi connectivity index (χ0) is 12.5. The van der Waals surface area contributed by atoms with E-state index in [2.05, 4.69) is 5.32 Å². The van der Waals surface area contributed by atoms with E-state index in [0.29, 0.717) is 19.3 Å². The minimum absolute atomic E-state index is 0.0803. The quantitative estimate of drug-likeness (QED) is 0.578. The molecular formula is C11H21N3O3. The molecule has 0 unspecified atom stereocenters. The van der Waals surface area contributed by atoms with Gasteiger partial charge in [-0.2, -0.15) is 0 Å². The summed E-state index contributed by atoms with van der Waals surface area (Å²) in [7, 11) is 0. The van der Waals surface area contributed by atoms with E-state index >= 15 is 0 Å². The van der Waals surface area contributed by atoms with Crippen LogP contribution in [0.4, 0.5) is 4.79 Å². The van der Waals surface area contributed by atoms with E-state index < -0.39 is 11.9 Å². The minimum atomic E-state index is -0.824. The average Bonchev–Trinajstić information content (AvgIpc) is 2.29. The number of primary amides is 1. The lowest BCUT2D eigenvalue weighted by molar-refractivity contribution is -0.119. The van der Waals surface area contributed by atoms with Crippen molar-refractivity contribution in [3.8, 4) is 0 Å². The maximum absolute atomic E-state index is 11.0. The number of amides is 3. The second-order valence-electron chi connectivity index (χ2n) is 4.22. The molecule has 0 atom stereocenters. The minimum Gasteiger partial charge on any atom is -0.377 e. The van der Waals surface area contributed by atoms with Gasteiger partial charge in [0.25, 0.3) is 0 Å². The normalized spacial score (nSPS) is 16.7. The van der Waals surface area contributed by atoms with Crippen LogP contribution in [0.5, 0.6) is 0 Å². The predicted octanol–water partition coefficient (Wildman–Crippen LogP) is 0.120. The van der Waals surface area contributed by atoms with Crippen LogP contribution in [-0.4, -0.2) is 37.7 Å². The third-order valence-electron chi connectivity index (χ3n) is 2.73. The van der Waals surface area contributed by atoms with Crippen LogP contribution in [0.2, 0.25) is 0 Å². The monoisotopic (exact) mass is 243 g/mol. The van der Waals surface area contributed by atoms with Gasteiger partial charge in [0.05, 0.1) is 19.3 Å². The molecular weight excluding hydrogens is 222 g/mol. The molecule has 3 amide bonds. The highest BCUT2D eigenvalue weighted by Gasteiger charge is 2.13. The van der Waals surface area contributed by atoms with Crippen LogP contribution in [0.15, 0.2) is 0 Å². The SMILES string of the molecule is NC(=O)NC(=O)CNCCOC1CCCCC1. The van der Waals surface area contributed by atoms with E-state index in [9.17, 15) is 9.59 Å². The summed E-state index contributed by atoms with van der Waals surface area (Å²) in [6.45, 7) is 1.27. The Kier molecular flexibility index (Phi) is 6.57. The molecule has 6 heteroatoms. The van der Waals surface area contributed by atoms with Crippen LogP contribution in [0.3, 0.4) is 0 Å². The molecule has 0 aromatic rings. The van der Waals surface area contributed by atoms with E-state index in [-0.39, 0.29) is 6.54 Å². The average molecular weight is 243 g/mol. The van der Waals surface area contributed by atoms with Crippen molar-refractivity contribution in [1.82, 2.24) is 10.6 Å². The molecule has 0 aromatic heterocycles. The number of urea groups is 1. The second kappa shape index (κ2) is 8.03. The highest BCUT2D eigenvalue weighted by atomic mass is 16.5. The van der Waals surface area contributed by atoms with Gasteiger partial charge in [0.15, 0.2) is 0 Å². The lowest BCUT2D eigenvalue weighted by Gasteiger charge is -2.21. The van der Waals surface area contributed by atoms with Crippen LogP contribution in [0.1, 0.15) is 32.1 Å². The molecule has 0 bridgehead atoms. The fourth-order valence-corrected chi connectivity index (χ4v) is 1.91. The summed E-state index contributed by atoms with van der Waals surface area (Å²) in [5.41, 5.74) is 4.80. The highest BCUT2D eigenvalue weighted by Crippen LogP contribution is 2.19. The van der Waals surface area contributed by atoms with Gasteiger partial charge in [0.2, 0.25) is 5.91 Å². The standard InChI is InChI=1S/C11H21N3O3/c12-11(16)14-10(15)8-13-6-7-17-9-4-2-1-3-5-9/h9,13H,1-8H2,(H3,12,14,15,16). The lowest BCUT2D eigenvalue weighted by atomic mass is 9.98. The molecule has 0 aliphatic heterocycles. The Labute approximate surface area is 101 Å². The van der Waals surface area contributed by atoms with Gasteiger partial charge >= 0.3 is 6.03 Å². The third-order valence-corrected chi connectivity index (χ3v) is 2.73. The van der Waals surface area contributed by atoms with Gasteiger partial charge < -0.3 is 15.8 Å². The molecule has 1 saturated carbocycles. The number of carbonyl (C=O) groups is 2. The molecule has 4 N–H and O–H groups in total. The summed E-state index contributed by atoms with van der Waals surface area (Å²) in [6.07, 6.45) is 6.47. The molecule has 1 fully saturated rings. The van der Waals surface area contributed by atoms with Crippen molar-refractivity contribution >= 4 is 11.9 Å². The van der Waals surface area contributed by atoms with Gasteiger partial charge in [-0.05, 0) is 12.8 Å². The summed E-state index contributed by atoms with van der Waals surface area (Å²) in [5.74, 6) is -0.421. The van der Waals surface area contributed by atoms with Crippen LogP contribution in [0.25, 0.3) is 0 Å². The Hall–Kier alpha value is -1.14.